The van der Waals surface area contributed by atoms with Gasteiger partial charge < -0.3 is 19.1 Å². The van der Waals surface area contributed by atoms with Gasteiger partial charge in [-0.1, -0.05) is 173 Å². The summed E-state index contributed by atoms with van der Waals surface area (Å²) in [6.45, 7) is 27.1. The van der Waals surface area contributed by atoms with Gasteiger partial charge in [-0.15, -0.1) is 53.6 Å². The van der Waals surface area contributed by atoms with E-state index in [0.29, 0.717) is 11.5 Å². The third-order valence-corrected chi connectivity index (χ3v) is 13.7. The Labute approximate surface area is 424 Å². The van der Waals surface area contributed by atoms with Gasteiger partial charge in [0.05, 0.1) is 0 Å². The van der Waals surface area contributed by atoms with Gasteiger partial charge in [0.2, 0.25) is 0 Å². The minimum absolute atomic E-state index is 0. The molecule has 0 unspecified atom stereocenters. The second kappa shape index (κ2) is 17.8. The Morgan fingerprint density at radius 3 is 1.86 bits per heavy atom. The van der Waals surface area contributed by atoms with E-state index in [1.54, 1.807) is 0 Å². The van der Waals surface area contributed by atoms with Gasteiger partial charge in [0.25, 0.3) is 0 Å². The van der Waals surface area contributed by atoms with E-state index in [9.17, 15) is 0 Å². The Bertz CT molecular complexity index is 3330. The van der Waals surface area contributed by atoms with Crippen molar-refractivity contribution in [2.75, 3.05) is 9.80 Å². The monoisotopic (exact) mass is 1080 g/mol. The zero-order valence-electron chi connectivity index (χ0n) is 41.7. The summed E-state index contributed by atoms with van der Waals surface area (Å²) >= 11 is 0. The van der Waals surface area contributed by atoms with Crippen LogP contribution in [0.15, 0.2) is 164 Å². The molecule has 0 radical (unpaired) electrons. The first-order valence-electron chi connectivity index (χ1n) is 23.9. The molecule has 352 valence electrons. The predicted molar refractivity (Wildman–Crippen MR) is 284 cm³/mol. The van der Waals surface area contributed by atoms with Crippen molar-refractivity contribution in [3.05, 3.63) is 211 Å². The molecule has 0 atom stereocenters. The van der Waals surface area contributed by atoms with E-state index in [4.69, 9.17) is 9.72 Å². The second-order valence-electron chi connectivity index (χ2n) is 22.0. The van der Waals surface area contributed by atoms with Crippen LogP contribution in [-0.4, -0.2) is 9.55 Å². The van der Waals surface area contributed by atoms with Crippen molar-refractivity contribution >= 4 is 44.6 Å². The summed E-state index contributed by atoms with van der Waals surface area (Å²) in [5, 5.41) is 2.20. The first-order chi connectivity index (χ1) is 32.3. The van der Waals surface area contributed by atoms with Gasteiger partial charge in [-0.2, -0.15) is 6.07 Å². The summed E-state index contributed by atoms with van der Waals surface area (Å²) in [4.78, 5) is 9.58. The van der Waals surface area contributed by atoms with Crippen LogP contribution in [0.4, 0.5) is 22.7 Å². The SMILES string of the molecule is CC(C)(C)c1cccc(N2[CH-]N(c3[c-]c(Oc4[c-]c5c(cc4)c4cc(-c6ccccc6)ccc4n5-c4cc(C(C)(C)C)ccn4)cc(C(C)(C)c4ccccc4)c3)c3cc(C(C)(C)C)ccc32)c1.[Pt]. The Morgan fingerprint density at radius 2 is 1.14 bits per heavy atom. The molecule has 5 nitrogen and oxygen atoms in total. The van der Waals surface area contributed by atoms with Crippen LogP contribution in [0, 0.1) is 18.8 Å². The predicted octanol–water partition coefficient (Wildman–Crippen LogP) is 16.9. The summed E-state index contributed by atoms with van der Waals surface area (Å²) in [6.07, 6.45) is 1.92. The summed E-state index contributed by atoms with van der Waals surface area (Å²) < 4.78 is 9.28. The molecule has 9 aromatic rings. The van der Waals surface area contributed by atoms with Crippen LogP contribution in [-0.2, 0) is 42.7 Å². The molecule has 0 saturated carbocycles. The van der Waals surface area contributed by atoms with Crippen LogP contribution in [0.5, 0.6) is 11.5 Å². The number of anilines is 4. The Balaban J connectivity index is 0.00000593. The number of pyridine rings is 1. The molecule has 0 amide bonds. The van der Waals surface area contributed by atoms with Crippen molar-refractivity contribution in [3.8, 4) is 28.4 Å². The molecule has 0 fully saturated rings. The molecule has 7 aromatic carbocycles. The summed E-state index contributed by atoms with van der Waals surface area (Å²) in [5.41, 5.74) is 14.1. The van der Waals surface area contributed by atoms with Crippen LogP contribution >= 0.6 is 0 Å². The van der Waals surface area contributed by atoms with Crippen molar-refractivity contribution in [2.45, 2.75) is 97.8 Å². The smallest absolute Gasteiger partial charge is 0.135 e. The van der Waals surface area contributed by atoms with Gasteiger partial charge >= 0.3 is 0 Å². The van der Waals surface area contributed by atoms with Gasteiger partial charge in [0.1, 0.15) is 5.82 Å². The van der Waals surface area contributed by atoms with Crippen LogP contribution in [0.25, 0.3) is 38.8 Å². The van der Waals surface area contributed by atoms with E-state index < -0.39 is 0 Å². The number of benzene rings is 7. The summed E-state index contributed by atoms with van der Waals surface area (Å²) in [6, 6.07) is 64.3. The van der Waals surface area contributed by atoms with E-state index in [0.717, 1.165) is 61.5 Å². The first kappa shape index (κ1) is 47.6. The molecular formula is C63H61N4OPt-3. The molecule has 0 aliphatic carbocycles. The van der Waals surface area contributed by atoms with Crippen LogP contribution < -0.4 is 14.5 Å². The Hall–Kier alpha value is -6.42. The van der Waals surface area contributed by atoms with Crippen molar-refractivity contribution in [1.29, 1.82) is 0 Å². The Morgan fingerprint density at radius 1 is 0.478 bits per heavy atom. The molecule has 0 bridgehead atoms. The number of aromatic nitrogens is 2. The van der Waals surface area contributed by atoms with Crippen LogP contribution in [0.3, 0.4) is 0 Å². The number of hydrogen-bond acceptors (Lipinski definition) is 4. The van der Waals surface area contributed by atoms with E-state index in [-0.39, 0.29) is 42.7 Å². The van der Waals surface area contributed by atoms with Crippen molar-refractivity contribution in [2.24, 2.45) is 0 Å². The number of fused-ring (bicyclic) bond motifs is 4. The van der Waals surface area contributed by atoms with Gasteiger partial charge in [-0.3, -0.25) is 0 Å². The fourth-order valence-electron chi connectivity index (χ4n) is 9.40. The Kier molecular flexibility index (Phi) is 12.3. The number of rotatable bonds is 8. The summed E-state index contributed by atoms with van der Waals surface area (Å²) in [5.74, 6) is 2.04. The van der Waals surface area contributed by atoms with E-state index >= 15 is 0 Å². The molecule has 6 heteroatoms. The van der Waals surface area contributed by atoms with Crippen LogP contribution in [0.1, 0.15) is 104 Å². The normalized spacial score (nSPS) is 13.2. The fraction of sp³-hybridized carbons (Fsp3) is 0.238. The van der Waals surface area contributed by atoms with Gasteiger partial charge in [-0.05, 0) is 103 Å². The molecule has 1 aliphatic heterocycles. The zero-order valence-corrected chi connectivity index (χ0v) is 44.0. The zero-order chi connectivity index (χ0) is 47.8. The number of nitrogens with zero attached hydrogens (tertiary/aromatic N) is 4. The van der Waals surface area contributed by atoms with Gasteiger partial charge in [0.15, 0.2) is 0 Å². The van der Waals surface area contributed by atoms with Gasteiger partial charge in [-0.25, -0.2) is 4.98 Å². The molecule has 0 spiro atoms. The minimum atomic E-state index is -0.375. The maximum absolute atomic E-state index is 7.05. The quantitative estimate of drug-likeness (QED) is 0.142. The second-order valence-corrected chi connectivity index (χ2v) is 22.0. The largest absolute Gasteiger partial charge is 0.509 e. The van der Waals surface area contributed by atoms with E-state index in [1.807, 2.05) is 12.3 Å². The number of hydrogen-bond donors (Lipinski definition) is 0. The molecule has 0 saturated heterocycles. The standard InChI is InChI=1S/C63H61N4O.Pt/c1-60(2,3)45-23-18-24-49(34-45)65-41-66(58-37-46(61(4,5)6)26-30-56(58)65)50-35-48(63(10,11)44-21-16-13-17-22-44)36-52(39-50)68-51-27-28-53-54-33-43(42-19-14-12-15-20-42)25-29-55(54)67(57(53)40-51)59-38-47(31-32-64-59)62(7,8)9;/h12-38,41H,1-11H3;/q-3;. The topological polar surface area (TPSA) is 33.5 Å². The van der Waals surface area contributed by atoms with E-state index in [2.05, 4.69) is 261 Å². The molecule has 2 aromatic heterocycles. The maximum atomic E-state index is 7.05. The minimum Gasteiger partial charge on any atom is -0.509 e. The number of ether oxygens (including phenoxy) is 1. The molecule has 0 N–H and O–H groups in total. The molecule has 69 heavy (non-hydrogen) atoms. The maximum Gasteiger partial charge on any atom is 0.135 e. The summed E-state index contributed by atoms with van der Waals surface area (Å²) in [7, 11) is 0. The molecule has 3 heterocycles. The fourth-order valence-corrected chi connectivity index (χ4v) is 9.40. The third-order valence-electron chi connectivity index (χ3n) is 13.7. The van der Waals surface area contributed by atoms with Crippen molar-refractivity contribution in [1.82, 2.24) is 9.55 Å². The van der Waals surface area contributed by atoms with Crippen molar-refractivity contribution < 1.29 is 25.8 Å². The average Bonchev–Trinajstić information content (AvgIpc) is 3.86. The first-order valence-corrected chi connectivity index (χ1v) is 23.9. The molecule has 10 rings (SSSR count). The van der Waals surface area contributed by atoms with E-state index in [1.165, 1.54) is 27.8 Å². The molecule has 1 aliphatic rings. The van der Waals surface area contributed by atoms with Crippen molar-refractivity contribution in [3.63, 3.8) is 0 Å². The average molecular weight is 1090 g/mol. The van der Waals surface area contributed by atoms with Gasteiger partial charge in [0, 0.05) is 61.3 Å². The third kappa shape index (κ3) is 9.15. The van der Waals surface area contributed by atoms with Crippen LogP contribution in [0.2, 0.25) is 0 Å². The molecular weight excluding hydrogens is 1020 g/mol.